The summed E-state index contributed by atoms with van der Waals surface area (Å²) in [5, 5.41) is 3.41. The van der Waals surface area contributed by atoms with Gasteiger partial charge in [0.05, 0.1) is 25.2 Å². The summed E-state index contributed by atoms with van der Waals surface area (Å²) >= 11 is 3.45. The molecule has 0 spiro atoms. The van der Waals surface area contributed by atoms with E-state index < -0.39 is 0 Å². The molecule has 0 amide bonds. The number of hydrogen-bond donors (Lipinski definition) is 1. The van der Waals surface area contributed by atoms with E-state index in [0.29, 0.717) is 12.5 Å². The highest BCUT2D eigenvalue weighted by Gasteiger charge is 2.27. The summed E-state index contributed by atoms with van der Waals surface area (Å²) in [5.74, 6) is 0.422. The maximum absolute atomic E-state index is 6.13. The van der Waals surface area contributed by atoms with Crippen LogP contribution in [0.3, 0.4) is 0 Å². The largest absolute Gasteiger partial charge is 0.472 e. The Morgan fingerprint density at radius 2 is 2.10 bits per heavy atom. The third-order valence-corrected chi connectivity index (χ3v) is 4.30. The summed E-state index contributed by atoms with van der Waals surface area (Å²) in [6.07, 6.45) is 4.87. The molecule has 0 radical (unpaired) electrons. The van der Waals surface area contributed by atoms with Crippen LogP contribution in [0.2, 0.25) is 0 Å². The number of furan rings is 1. The average Bonchev–Trinajstić information content (AvgIpc) is 3.01. The van der Waals surface area contributed by atoms with Gasteiger partial charge in [0, 0.05) is 16.9 Å². The van der Waals surface area contributed by atoms with E-state index in [2.05, 4.69) is 33.4 Å². The van der Waals surface area contributed by atoms with Crippen molar-refractivity contribution in [3.8, 4) is 0 Å². The average molecular weight is 336 g/mol. The zero-order valence-electron chi connectivity index (χ0n) is 11.2. The van der Waals surface area contributed by atoms with Crippen LogP contribution in [0.15, 0.2) is 51.7 Å². The molecular weight excluding hydrogens is 318 g/mol. The molecule has 3 nitrogen and oxygen atoms in total. The van der Waals surface area contributed by atoms with E-state index in [-0.39, 0.29) is 6.10 Å². The van der Waals surface area contributed by atoms with Crippen molar-refractivity contribution >= 4 is 15.9 Å². The van der Waals surface area contributed by atoms with Crippen molar-refractivity contribution in [1.29, 1.82) is 0 Å². The quantitative estimate of drug-likeness (QED) is 0.924. The fraction of sp³-hybridized carbons (Fsp3) is 0.375. The first-order valence-electron chi connectivity index (χ1n) is 6.92. The monoisotopic (exact) mass is 335 g/mol. The highest BCUT2D eigenvalue weighted by Crippen LogP contribution is 2.28. The van der Waals surface area contributed by atoms with Crippen LogP contribution < -0.4 is 5.32 Å². The van der Waals surface area contributed by atoms with Gasteiger partial charge in [0.1, 0.15) is 0 Å². The lowest BCUT2D eigenvalue weighted by Crippen LogP contribution is -2.40. The number of ether oxygens (including phenoxy) is 1. The summed E-state index contributed by atoms with van der Waals surface area (Å²) in [6.45, 7) is 2.58. The van der Waals surface area contributed by atoms with Crippen LogP contribution in [-0.4, -0.2) is 19.2 Å². The SMILES string of the molecule is Brc1ccc(CO[C@@H]2CNCC[C@H]2c2ccoc2)cc1. The second-order valence-electron chi connectivity index (χ2n) is 5.13. The summed E-state index contributed by atoms with van der Waals surface area (Å²) < 4.78 is 12.4. The Morgan fingerprint density at radius 1 is 1.25 bits per heavy atom. The molecule has 4 heteroatoms. The van der Waals surface area contributed by atoms with Crippen LogP contribution in [0.1, 0.15) is 23.5 Å². The predicted octanol–water partition coefficient (Wildman–Crippen LogP) is 3.70. The van der Waals surface area contributed by atoms with Crippen molar-refractivity contribution in [2.45, 2.75) is 25.0 Å². The number of nitrogens with one attached hydrogen (secondary N) is 1. The van der Waals surface area contributed by atoms with Crippen LogP contribution in [0.25, 0.3) is 0 Å². The molecule has 1 aromatic heterocycles. The van der Waals surface area contributed by atoms with Gasteiger partial charge in [0.2, 0.25) is 0 Å². The predicted molar refractivity (Wildman–Crippen MR) is 81.7 cm³/mol. The molecule has 1 saturated heterocycles. The topological polar surface area (TPSA) is 34.4 Å². The van der Waals surface area contributed by atoms with Crippen LogP contribution in [0.5, 0.6) is 0 Å². The first-order chi connectivity index (χ1) is 9.83. The van der Waals surface area contributed by atoms with Gasteiger partial charge in [-0.05, 0) is 42.3 Å². The van der Waals surface area contributed by atoms with Crippen molar-refractivity contribution in [1.82, 2.24) is 5.32 Å². The first-order valence-corrected chi connectivity index (χ1v) is 7.71. The normalized spacial score (nSPS) is 22.9. The van der Waals surface area contributed by atoms with Crippen molar-refractivity contribution in [3.63, 3.8) is 0 Å². The molecule has 3 rings (SSSR count). The second-order valence-corrected chi connectivity index (χ2v) is 6.05. The van der Waals surface area contributed by atoms with Gasteiger partial charge in [-0.1, -0.05) is 28.1 Å². The molecule has 1 aromatic carbocycles. The number of benzene rings is 1. The smallest absolute Gasteiger partial charge is 0.0938 e. The standard InChI is InChI=1S/C16H18BrNO2/c17-14-3-1-12(2-4-14)10-20-16-9-18-7-5-15(16)13-6-8-19-11-13/h1-4,6,8,11,15-16,18H,5,7,9-10H2/t15-,16+/m0/s1. The molecule has 1 fully saturated rings. The van der Waals surface area contributed by atoms with Gasteiger partial charge in [0.15, 0.2) is 0 Å². The van der Waals surface area contributed by atoms with Gasteiger partial charge >= 0.3 is 0 Å². The minimum Gasteiger partial charge on any atom is -0.472 e. The molecule has 2 aromatic rings. The Bertz CT molecular complexity index is 524. The lowest BCUT2D eigenvalue weighted by atomic mass is 9.89. The van der Waals surface area contributed by atoms with Gasteiger partial charge in [-0.3, -0.25) is 0 Å². The fourth-order valence-electron chi connectivity index (χ4n) is 2.66. The Kier molecular flexibility index (Phi) is 4.55. The number of rotatable bonds is 4. The molecule has 2 atom stereocenters. The summed E-state index contributed by atoms with van der Waals surface area (Å²) in [7, 11) is 0. The van der Waals surface area contributed by atoms with Gasteiger partial charge in [-0.25, -0.2) is 0 Å². The van der Waals surface area contributed by atoms with Gasteiger partial charge in [-0.2, -0.15) is 0 Å². The van der Waals surface area contributed by atoms with E-state index in [1.165, 1.54) is 11.1 Å². The fourth-order valence-corrected chi connectivity index (χ4v) is 2.92. The summed E-state index contributed by atoms with van der Waals surface area (Å²) in [4.78, 5) is 0. The Hall–Kier alpha value is -1.10. The van der Waals surface area contributed by atoms with Crippen molar-refractivity contribution < 1.29 is 9.15 Å². The lowest BCUT2D eigenvalue weighted by molar-refractivity contribution is 0.0105. The van der Waals surface area contributed by atoms with E-state index >= 15 is 0 Å². The van der Waals surface area contributed by atoms with E-state index in [9.17, 15) is 0 Å². The summed E-state index contributed by atoms with van der Waals surface area (Å²) in [5.41, 5.74) is 2.44. The third kappa shape index (κ3) is 3.32. The molecule has 2 heterocycles. The van der Waals surface area contributed by atoms with E-state index in [1.807, 2.05) is 24.5 Å². The molecule has 1 aliphatic heterocycles. The maximum atomic E-state index is 6.13. The molecule has 0 unspecified atom stereocenters. The molecule has 1 aliphatic rings. The minimum absolute atomic E-state index is 0.199. The second kappa shape index (κ2) is 6.57. The van der Waals surface area contributed by atoms with Gasteiger partial charge in [-0.15, -0.1) is 0 Å². The first kappa shape index (κ1) is 13.9. The Morgan fingerprint density at radius 3 is 2.85 bits per heavy atom. The van der Waals surface area contributed by atoms with Gasteiger partial charge < -0.3 is 14.5 Å². The van der Waals surface area contributed by atoms with Crippen LogP contribution in [-0.2, 0) is 11.3 Å². The molecule has 0 aliphatic carbocycles. The van der Waals surface area contributed by atoms with Crippen molar-refractivity contribution in [3.05, 3.63) is 58.5 Å². The van der Waals surface area contributed by atoms with E-state index in [0.717, 1.165) is 24.0 Å². The van der Waals surface area contributed by atoms with Gasteiger partial charge in [0.25, 0.3) is 0 Å². The van der Waals surface area contributed by atoms with Crippen molar-refractivity contribution in [2.24, 2.45) is 0 Å². The molecule has 20 heavy (non-hydrogen) atoms. The summed E-state index contributed by atoms with van der Waals surface area (Å²) in [6, 6.07) is 10.3. The highest BCUT2D eigenvalue weighted by atomic mass is 79.9. The molecule has 106 valence electrons. The number of piperidine rings is 1. The zero-order valence-corrected chi connectivity index (χ0v) is 12.8. The molecule has 0 saturated carbocycles. The van der Waals surface area contributed by atoms with Crippen LogP contribution >= 0.6 is 15.9 Å². The van der Waals surface area contributed by atoms with Crippen LogP contribution in [0.4, 0.5) is 0 Å². The zero-order chi connectivity index (χ0) is 13.8. The lowest BCUT2D eigenvalue weighted by Gasteiger charge is -2.31. The molecule has 1 N–H and O–H groups in total. The van der Waals surface area contributed by atoms with E-state index in [4.69, 9.17) is 9.15 Å². The number of halogens is 1. The molecular formula is C16H18BrNO2. The van der Waals surface area contributed by atoms with Crippen molar-refractivity contribution in [2.75, 3.05) is 13.1 Å². The maximum Gasteiger partial charge on any atom is 0.0938 e. The highest BCUT2D eigenvalue weighted by molar-refractivity contribution is 9.10. The Balaban J connectivity index is 1.64. The third-order valence-electron chi connectivity index (χ3n) is 3.78. The molecule has 0 bridgehead atoms. The minimum atomic E-state index is 0.199. The van der Waals surface area contributed by atoms with E-state index in [1.54, 1.807) is 6.26 Å². The Labute approximate surface area is 127 Å². The van der Waals surface area contributed by atoms with Crippen LogP contribution in [0, 0.1) is 0 Å². The number of hydrogen-bond acceptors (Lipinski definition) is 3.